The van der Waals surface area contributed by atoms with E-state index in [9.17, 15) is 4.79 Å². The van der Waals surface area contributed by atoms with Crippen LogP contribution in [0.1, 0.15) is 24.2 Å². The summed E-state index contributed by atoms with van der Waals surface area (Å²) in [5.74, 6) is 1.20. The smallest absolute Gasteiger partial charge is 0.231 e. The van der Waals surface area contributed by atoms with E-state index < -0.39 is 0 Å². The van der Waals surface area contributed by atoms with Gasteiger partial charge in [-0.3, -0.25) is 4.79 Å². The molecule has 0 spiro atoms. The van der Waals surface area contributed by atoms with Gasteiger partial charge in [-0.2, -0.15) is 4.52 Å². The first-order valence-electron chi connectivity index (χ1n) is 7.92. The van der Waals surface area contributed by atoms with Crippen molar-refractivity contribution in [2.75, 3.05) is 7.11 Å². The summed E-state index contributed by atoms with van der Waals surface area (Å²) in [5, 5.41) is 16.0. The van der Waals surface area contributed by atoms with Crippen molar-refractivity contribution in [2.24, 2.45) is 0 Å². The van der Waals surface area contributed by atoms with E-state index in [0.29, 0.717) is 48.2 Å². The Kier molecular flexibility index (Phi) is 5.45. The molecule has 1 amide bonds. The lowest BCUT2D eigenvalue weighted by Crippen LogP contribution is -2.22. The van der Waals surface area contributed by atoms with Crippen LogP contribution in [0, 0.1) is 0 Å². The van der Waals surface area contributed by atoms with Crippen LogP contribution < -0.4 is 10.1 Å². The molecule has 8 heteroatoms. The molecule has 7 nitrogen and oxygen atoms in total. The van der Waals surface area contributed by atoms with E-state index in [-0.39, 0.29) is 5.91 Å². The zero-order chi connectivity index (χ0) is 17.6. The molecular weight excluding hydrogens is 342 g/mol. The van der Waals surface area contributed by atoms with E-state index in [4.69, 9.17) is 16.3 Å². The first-order valence-corrected chi connectivity index (χ1v) is 8.30. The summed E-state index contributed by atoms with van der Waals surface area (Å²) >= 11 is 5.84. The fourth-order valence-electron chi connectivity index (χ4n) is 2.38. The molecule has 0 atom stereocenters. The molecular formula is C17H18ClN5O2. The van der Waals surface area contributed by atoms with Gasteiger partial charge in [0.15, 0.2) is 11.5 Å². The Bertz CT molecular complexity index is 863. The zero-order valence-corrected chi connectivity index (χ0v) is 14.5. The number of benzene rings is 1. The first-order chi connectivity index (χ1) is 12.2. The molecule has 0 saturated heterocycles. The number of amides is 1. The van der Waals surface area contributed by atoms with Crippen molar-refractivity contribution in [3.05, 3.63) is 52.8 Å². The molecule has 0 saturated carbocycles. The third kappa shape index (κ3) is 4.45. The first kappa shape index (κ1) is 17.2. The summed E-state index contributed by atoms with van der Waals surface area (Å²) in [6, 6.07) is 10.9. The van der Waals surface area contributed by atoms with Gasteiger partial charge in [-0.15, -0.1) is 15.3 Å². The number of aryl methyl sites for hydroxylation is 1. The van der Waals surface area contributed by atoms with Gasteiger partial charge in [0.2, 0.25) is 11.8 Å². The SMILES string of the molecule is COc1ccc2nnc(CCCC(=O)NCc3ccc(Cl)cc3)n2n1. The maximum atomic E-state index is 12.0. The second-order valence-electron chi connectivity index (χ2n) is 5.52. The van der Waals surface area contributed by atoms with Crippen LogP contribution >= 0.6 is 11.6 Å². The lowest BCUT2D eigenvalue weighted by atomic mass is 10.2. The number of carbonyl (C=O) groups excluding carboxylic acids is 1. The Balaban J connectivity index is 1.49. The summed E-state index contributed by atoms with van der Waals surface area (Å²) in [6.07, 6.45) is 1.67. The van der Waals surface area contributed by atoms with Crippen molar-refractivity contribution in [3.63, 3.8) is 0 Å². The lowest BCUT2D eigenvalue weighted by molar-refractivity contribution is -0.121. The summed E-state index contributed by atoms with van der Waals surface area (Å²) in [4.78, 5) is 12.0. The standard InChI is InChI=1S/C17H18ClN5O2/c1-25-17-10-9-15-21-20-14(23(15)22-17)3-2-4-16(24)19-11-12-5-7-13(18)8-6-12/h5-10H,2-4,11H2,1H3,(H,19,24). The molecule has 2 aromatic heterocycles. The second kappa shape index (κ2) is 7.94. The molecule has 3 aromatic rings. The maximum Gasteiger partial charge on any atom is 0.231 e. The van der Waals surface area contributed by atoms with Crippen LogP contribution in [0.25, 0.3) is 5.65 Å². The van der Waals surface area contributed by atoms with Crippen LogP contribution in [0.4, 0.5) is 0 Å². The minimum Gasteiger partial charge on any atom is -0.480 e. The van der Waals surface area contributed by atoms with Crippen molar-refractivity contribution in [1.29, 1.82) is 0 Å². The molecule has 3 rings (SSSR count). The number of aromatic nitrogens is 4. The van der Waals surface area contributed by atoms with Gasteiger partial charge >= 0.3 is 0 Å². The van der Waals surface area contributed by atoms with E-state index >= 15 is 0 Å². The van der Waals surface area contributed by atoms with Crippen LogP contribution in [0.2, 0.25) is 5.02 Å². The molecule has 25 heavy (non-hydrogen) atoms. The topological polar surface area (TPSA) is 81.4 Å². The average molecular weight is 360 g/mol. The molecule has 2 heterocycles. The van der Waals surface area contributed by atoms with Crippen molar-refractivity contribution in [3.8, 4) is 5.88 Å². The zero-order valence-electron chi connectivity index (χ0n) is 13.8. The number of hydrogen-bond acceptors (Lipinski definition) is 5. The number of rotatable bonds is 7. The highest BCUT2D eigenvalue weighted by Crippen LogP contribution is 2.11. The quantitative estimate of drug-likeness (QED) is 0.700. The van der Waals surface area contributed by atoms with Gasteiger partial charge in [-0.1, -0.05) is 23.7 Å². The number of ether oxygens (including phenoxy) is 1. The molecule has 0 bridgehead atoms. The molecule has 130 valence electrons. The Morgan fingerprint density at radius 3 is 2.76 bits per heavy atom. The molecule has 1 N–H and O–H groups in total. The van der Waals surface area contributed by atoms with E-state index in [2.05, 4.69) is 20.6 Å². The van der Waals surface area contributed by atoms with Gasteiger partial charge in [0.25, 0.3) is 0 Å². The minimum atomic E-state index is -0.00527. The van der Waals surface area contributed by atoms with Crippen molar-refractivity contribution < 1.29 is 9.53 Å². The van der Waals surface area contributed by atoms with Gasteiger partial charge in [-0.05, 0) is 30.2 Å². The molecule has 0 aliphatic carbocycles. The molecule has 0 radical (unpaired) electrons. The lowest BCUT2D eigenvalue weighted by Gasteiger charge is -2.05. The second-order valence-corrected chi connectivity index (χ2v) is 5.96. The molecule has 0 aliphatic rings. The van der Waals surface area contributed by atoms with Crippen molar-refractivity contribution in [2.45, 2.75) is 25.8 Å². The molecule has 0 aliphatic heterocycles. The summed E-state index contributed by atoms with van der Waals surface area (Å²) in [5.41, 5.74) is 1.67. The highest BCUT2D eigenvalue weighted by atomic mass is 35.5. The molecule has 0 fully saturated rings. The molecule has 1 aromatic carbocycles. The van der Waals surface area contributed by atoms with Gasteiger partial charge in [-0.25, -0.2) is 0 Å². The van der Waals surface area contributed by atoms with Crippen LogP contribution in [-0.4, -0.2) is 32.8 Å². The summed E-state index contributed by atoms with van der Waals surface area (Å²) in [6.45, 7) is 0.489. The maximum absolute atomic E-state index is 12.0. The van der Waals surface area contributed by atoms with E-state index in [0.717, 1.165) is 5.56 Å². The number of nitrogens with zero attached hydrogens (tertiary/aromatic N) is 4. The highest BCUT2D eigenvalue weighted by Gasteiger charge is 2.09. The van der Waals surface area contributed by atoms with Gasteiger partial charge in [0, 0.05) is 30.5 Å². The van der Waals surface area contributed by atoms with Gasteiger partial charge in [0.05, 0.1) is 7.11 Å². The number of fused-ring (bicyclic) bond motifs is 1. The number of hydrogen-bond donors (Lipinski definition) is 1. The molecule has 0 unspecified atom stereocenters. The summed E-state index contributed by atoms with van der Waals surface area (Å²) < 4.78 is 6.75. The van der Waals surface area contributed by atoms with Crippen molar-refractivity contribution in [1.82, 2.24) is 25.1 Å². The largest absolute Gasteiger partial charge is 0.480 e. The average Bonchev–Trinajstić information content (AvgIpc) is 3.03. The minimum absolute atomic E-state index is 0.00527. The van der Waals surface area contributed by atoms with Crippen LogP contribution in [-0.2, 0) is 17.8 Å². The summed E-state index contributed by atoms with van der Waals surface area (Å²) in [7, 11) is 1.56. The Labute approximate surface area is 150 Å². The van der Waals surface area contributed by atoms with Crippen molar-refractivity contribution >= 4 is 23.2 Å². The van der Waals surface area contributed by atoms with E-state index in [1.165, 1.54) is 0 Å². The fourth-order valence-corrected chi connectivity index (χ4v) is 2.51. The van der Waals surface area contributed by atoms with Gasteiger partial charge < -0.3 is 10.1 Å². The third-order valence-corrected chi connectivity index (χ3v) is 3.97. The van der Waals surface area contributed by atoms with E-state index in [1.807, 2.05) is 12.1 Å². The van der Waals surface area contributed by atoms with Crippen LogP contribution in [0.15, 0.2) is 36.4 Å². The van der Waals surface area contributed by atoms with Gasteiger partial charge in [0.1, 0.15) is 0 Å². The fraction of sp³-hybridized carbons (Fsp3) is 0.294. The van der Waals surface area contributed by atoms with Crippen LogP contribution in [0.3, 0.4) is 0 Å². The van der Waals surface area contributed by atoms with Crippen LogP contribution in [0.5, 0.6) is 5.88 Å². The number of nitrogens with one attached hydrogen (secondary N) is 1. The number of halogens is 1. The third-order valence-electron chi connectivity index (χ3n) is 3.72. The highest BCUT2D eigenvalue weighted by molar-refractivity contribution is 6.30. The Morgan fingerprint density at radius 2 is 2.00 bits per heavy atom. The predicted octanol–water partition coefficient (Wildman–Crippen LogP) is 2.43. The Morgan fingerprint density at radius 1 is 1.20 bits per heavy atom. The number of methoxy groups -OCH3 is 1. The number of carbonyl (C=O) groups is 1. The predicted molar refractivity (Wildman–Crippen MR) is 93.6 cm³/mol. The normalized spacial score (nSPS) is 10.8. The Hall–Kier alpha value is -2.67. The van der Waals surface area contributed by atoms with E-state index in [1.54, 1.807) is 35.9 Å². The monoisotopic (exact) mass is 359 g/mol.